The van der Waals surface area contributed by atoms with Gasteiger partial charge in [0.1, 0.15) is 5.60 Å². The number of alkyl carbamates (subject to hydrolysis) is 1. The SMILES string of the molecule is CC(C)(C)OC(=O)NC(CN)Cc1csc(Br)n1. The van der Waals surface area contributed by atoms with Crippen LogP contribution in [0.4, 0.5) is 4.79 Å². The minimum Gasteiger partial charge on any atom is -0.444 e. The highest BCUT2D eigenvalue weighted by atomic mass is 79.9. The van der Waals surface area contributed by atoms with E-state index in [2.05, 4.69) is 26.2 Å². The number of rotatable bonds is 4. The molecule has 1 amide bonds. The number of amides is 1. The minimum absolute atomic E-state index is 0.172. The van der Waals surface area contributed by atoms with E-state index in [4.69, 9.17) is 10.5 Å². The van der Waals surface area contributed by atoms with E-state index in [1.54, 1.807) is 0 Å². The van der Waals surface area contributed by atoms with Crippen LogP contribution in [0.25, 0.3) is 0 Å². The summed E-state index contributed by atoms with van der Waals surface area (Å²) in [6, 6.07) is -0.172. The summed E-state index contributed by atoms with van der Waals surface area (Å²) >= 11 is 4.81. The van der Waals surface area contributed by atoms with E-state index in [9.17, 15) is 4.79 Å². The molecule has 0 saturated heterocycles. The molecule has 0 fully saturated rings. The van der Waals surface area contributed by atoms with Crippen LogP contribution < -0.4 is 11.1 Å². The molecule has 7 heteroatoms. The van der Waals surface area contributed by atoms with Gasteiger partial charge in [-0.05, 0) is 36.7 Å². The van der Waals surface area contributed by atoms with Crippen LogP contribution in [0.3, 0.4) is 0 Å². The molecular weight excluding hydrogens is 318 g/mol. The van der Waals surface area contributed by atoms with Crippen LogP contribution in [-0.2, 0) is 11.2 Å². The first kappa shape index (κ1) is 15.4. The third-order valence-electron chi connectivity index (χ3n) is 1.98. The number of aromatic nitrogens is 1. The summed E-state index contributed by atoms with van der Waals surface area (Å²) in [5.74, 6) is 0. The molecule has 0 aliphatic rings. The molecule has 0 bridgehead atoms. The number of ether oxygens (including phenoxy) is 1. The van der Waals surface area contributed by atoms with E-state index >= 15 is 0 Å². The zero-order valence-electron chi connectivity index (χ0n) is 10.7. The molecular formula is C11H18BrN3O2S. The van der Waals surface area contributed by atoms with Gasteiger partial charge in [0.2, 0.25) is 0 Å². The summed E-state index contributed by atoms with van der Waals surface area (Å²) in [5, 5.41) is 4.68. The predicted molar refractivity (Wildman–Crippen MR) is 75.7 cm³/mol. The van der Waals surface area contributed by atoms with E-state index < -0.39 is 11.7 Å². The van der Waals surface area contributed by atoms with Crippen molar-refractivity contribution in [3.63, 3.8) is 0 Å². The Bertz CT molecular complexity index is 403. The second-order valence-electron chi connectivity index (χ2n) is 4.87. The molecule has 0 aliphatic carbocycles. The topological polar surface area (TPSA) is 77.2 Å². The molecule has 102 valence electrons. The Morgan fingerprint density at radius 1 is 1.67 bits per heavy atom. The lowest BCUT2D eigenvalue weighted by molar-refractivity contribution is 0.0506. The molecule has 1 rings (SSSR count). The van der Waals surface area contributed by atoms with E-state index in [1.807, 2.05) is 26.2 Å². The first-order valence-corrected chi connectivity index (χ1v) is 7.27. The number of hydrogen-bond donors (Lipinski definition) is 2. The van der Waals surface area contributed by atoms with Crippen molar-refractivity contribution in [2.24, 2.45) is 5.73 Å². The number of thiazole rings is 1. The van der Waals surface area contributed by atoms with Crippen molar-refractivity contribution in [2.75, 3.05) is 6.54 Å². The third kappa shape index (κ3) is 5.79. The van der Waals surface area contributed by atoms with Crippen LogP contribution in [0.15, 0.2) is 9.30 Å². The molecule has 1 unspecified atom stereocenters. The standard InChI is InChI=1S/C11H18BrN3O2S/c1-11(2,3)17-10(16)15-7(5-13)4-8-6-18-9(12)14-8/h6-7H,4-5,13H2,1-3H3,(H,15,16). The number of hydrogen-bond acceptors (Lipinski definition) is 5. The van der Waals surface area contributed by atoms with Gasteiger partial charge in [-0.3, -0.25) is 0 Å². The van der Waals surface area contributed by atoms with Gasteiger partial charge in [-0.1, -0.05) is 0 Å². The summed E-state index contributed by atoms with van der Waals surface area (Å²) in [4.78, 5) is 15.9. The fourth-order valence-electron chi connectivity index (χ4n) is 1.30. The number of carbonyl (C=O) groups is 1. The lowest BCUT2D eigenvalue weighted by atomic mass is 10.2. The van der Waals surface area contributed by atoms with Crippen molar-refractivity contribution < 1.29 is 9.53 Å². The van der Waals surface area contributed by atoms with Crippen molar-refractivity contribution >= 4 is 33.4 Å². The van der Waals surface area contributed by atoms with Gasteiger partial charge < -0.3 is 15.8 Å². The fraction of sp³-hybridized carbons (Fsp3) is 0.636. The molecule has 3 N–H and O–H groups in total. The van der Waals surface area contributed by atoms with Crippen LogP contribution >= 0.6 is 27.3 Å². The molecule has 0 aliphatic heterocycles. The Balaban J connectivity index is 2.49. The highest BCUT2D eigenvalue weighted by molar-refractivity contribution is 9.11. The van der Waals surface area contributed by atoms with Gasteiger partial charge in [-0.2, -0.15) is 0 Å². The molecule has 0 radical (unpaired) electrons. The van der Waals surface area contributed by atoms with Crippen molar-refractivity contribution in [1.29, 1.82) is 0 Å². The molecule has 1 heterocycles. The predicted octanol–water partition coefficient (Wildman–Crippen LogP) is 2.30. The van der Waals surface area contributed by atoms with E-state index in [0.717, 1.165) is 9.61 Å². The average molecular weight is 336 g/mol. The second-order valence-corrected chi connectivity index (χ2v) is 7.01. The number of halogens is 1. The molecule has 1 atom stereocenters. The molecule has 0 spiro atoms. The summed E-state index contributed by atoms with van der Waals surface area (Å²) in [7, 11) is 0. The van der Waals surface area contributed by atoms with E-state index in [-0.39, 0.29) is 6.04 Å². The lowest BCUT2D eigenvalue weighted by Crippen LogP contribution is -2.44. The zero-order chi connectivity index (χ0) is 13.8. The van der Waals surface area contributed by atoms with E-state index in [1.165, 1.54) is 11.3 Å². The highest BCUT2D eigenvalue weighted by Crippen LogP contribution is 2.17. The number of carbonyl (C=O) groups excluding carboxylic acids is 1. The Morgan fingerprint density at radius 3 is 2.78 bits per heavy atom. The van der Waals surface area contributed by atoms with Gasteiger partial charge in [0.15, 0.2) is 3.92 Å². The summed E-state index contributed by atoms with van der Waals surface area (Å²) in [6.07, 6.45) is 0.143. The van der Waals surface area contributed by atoms with E-state index in [0.29, 0.717) is 13.0 Å². The first-order valence-electron chi connectivity index (χ1n) is 5.59. The maximum Gasteiger partial charge on any atom is 0.407 e. The van der Waals surface area contributed by atoms with Gasteiger partial charge in [0.25, 0.3) is 0 Å². The normalized spacial score (nSPS) is 13.2. The maximum absolute atomic E-state index is 11.6. The Labute approximate surface area is 119 Å². The molecule has 0 aromatic carbocycles. The van der Waals surface area contributed by atoms with Gasteiger partial charge in [-0.25, -0.2) is 9.78 Å². The summed E-state index contributed by atoms with van der Waals surface area (Å²) in [5.41, 5.74) is 6.03. The summed E-state index contributed by atoms with van der Waals surface area (Å²) in [6.45, 7) is 5.80. The Hall–Kier alpha value is -0.660. The van der Waals surface area contributed by atoms with Gasteiger partial charge in [0, 0.05) is 24.4 Å². The largest absolute Gasteiger partial charge is 0.444 e. The zero-order valence-corrected chi connectivity index (χ0v) is 13.1. The number of nitrogens with one attached hydrogen (secondary N) is 1. The van der Waals surface area contributed by atoms with Crippen molar-refractivity contribution in [2.45, 2.75) is 38.8 Å². The van der Waals surface area contributed by atoms with Crippen molar-refractivity contribution in [3.05, 3.63) is 15.0 Å². The number of nitrogens with two attached hydrogens (primary N) is 1. The smallest absolute Gasteiger partial charge is 0.407 e. The highest BCUT2D eigenvalue weighted by Gasteiger charge is 2.19. The average Bonchev–Trinajstić information content (AvgIpc) is 2.60. The molecule has 0 saturated carbocycles. The summed E-state index contributed by atoms with van der Waals surface area (Å²) < 4.78 is 6.00. The van der Waals surface area contributed by atoms with Crippen LogP contribution in [0.2, 0.25) is 0 Å². The van der Waals surface area contributed by atoms with Gasteiger partial charge >= 0.3 is 6.09 Å². The third-order valence-corrected chi connectivity index (χ3v) is 3.40. The quantitative estimate of drug-likeness (QED) is 0.884. The number of nitrogens with zero attached hydrogens (tertiary/aromatic N) is 1. The van der Waals surface area contributed by atoms with Crippen LogP contribution in [0, 0.1) is 0 Å². The maximum atomic E-state index is 11.6. The second kappa shape index (κ2) is 6.49. The minimum atomic E-state index is -0.507. The molecule has 1 aromatic heterocycles. The van der Waals surface area contributed by atoms with Crippen molar-refractivity contribution in [3.8, 4) is 0 Å². The van der Waals surface area contributed by atoms with Gasteiger partial charge in [0.05, 0.1) is 5.69 Å². The van der Waals surface area contributed by atoms with Crippen LogP contribution in [0.1, 0.15) is 26.5 Å². The Kier molecular flexibility index (Phi) is 5.55. The van der Waals surface area contributed by atoms with Crippen molar-refractivity contribution in [1.82, 2.24) is 10.3 Å². The fourth-order valence-corrected chi connectivity index (χ4v) is 2.36. The molecule has 1 aromatic rings. The first-order chi connectivity index (χ1) is 8.30. The molecule has 5 nitrogen and oxygen atoms in total. The monoisotopic (exact) mass is 335 g/mol. The lowest BCUT2D eigenvalue weighted by Gasteiger charge is -2.22. The van der Waals surface area contributed by atoms with Crippen LogP contribution in [0.5, 0.6) is 0 Å². The van der Waals surface area contributed by atoms with Crippen LogP contribution in [-0.4, -0.2) is 29.3 Å². The van der Waals surface area contributed by atoms with Gasteiger partial charge in [-0.15, -0.1) is 11.3 Å². The molecule has 18 heavy (non-hydrogen) atoms. The Morgan fingerprint density at radius 2 is 2.33 bits per heavy atom.